The van der Waals surface area contributed by atoms with Crippen molar-refractivity contribution < 1.29 is 44.0 Å². The van der Waals surface area contributed by atoms with Crippen LogP contribution in [0.25, 0.3) is 0 Å². The summed E-state index contributed by atoms with van der Waals surface area (Å²) in [6.07, 6.45) is 3.98. The zero-order valence-corrected chi connectivity index (χ0v) is 16.1. The Kier molecular flexibility index (Phi) is 11.3. The summed E-state index contributed by atoms with van der Waals surface area (Å²) in [5, 5.41) is 17.8. The molecule has 2 atom stereocenters. The van der Waals surface area contributed by atoms with Gasteiger partial charge in [-0.25, -0.2) is 4.79 Å². The van der Waals surface area contributed by atoms with E-state index in [1.165, 1.54) is 25.5 Å². The molecule has 0 saturated carbocycles. The summed E-state index contributed by atoms with van der Waals surface area (Å²) in [5.41, 5.74) is 2.39. The van der Waals surface area contributed by atoms with Crippen molar-refractivity contribution >= 4 is 5.97 Å². The van der Waals surface area contributed by atoms with Crippen LogP contribution in [0.5, 0.6) is 11.5 Å². The normalized spacial score (nSPS) is 19.8. The molecule has 147 valence electrons. The molecule has 2 unspecified atom stereocenters. The van der Waals surface area contributed by atoms with Crippen LogP contribution in [0.4, 0.5) is 0 Å². The molecule has 0 amide bonds. The first-order chi connectivity index (χ1) is 12.3. The number of hydrogen-bond acceptors (Lipinski definition) is 6. The molecule has 0 fully saturated rings. The second-order valence-electron chi connectivity index (χ2n) is 5.26. The van der Waals surface area contributed by atoms with Gasteiger partial charge >= 0.3 is 25.5 Å². The Hall–Kier alpha value is -2.12. The van der Waals surface area contributed by atoms with Crippen molar-refractivity contribution in [1.29, 1.82) is 0 Å². The molecular formula is C19H24CoO6-2. The van der Waals surface area contributed by atoms with E-state index in [0.717, 1.165) is 11.1 Å². The summed E-state index contributed by atoms with van der Waals surface area (Å²) in [7, 11) is 1.35. The van der Waals surface area contributed by atoms with Gasteiger partial charge in [-0.2, -0.15) is 6.42 Å². The van der Waals surface area contributed by atoms with Crippen LogP contribution < -0.4 is 0 Å². The van der Waals surface area contributed by atoms with Crippen LogP contribution in [-0.2, 0) is 40.2 Å². The summed E-state index contributed by atoms with van der Waals surface area (Å²) < 4.78 is 17.9. The summed E-state index contributed by atoms with van der Waals surface area (Å²) in [4.78, 5) is 11.3. The van der Waals surface area contributed by atoms with E-state index in [0.29, 0.717) is 12.0 Å². The molecule has 0 aliphatic carbocycles. The number of hydrogen-bond donors (Lipinski definition) is 2. The number of esters is 1. The molecule has 0 aromatic heterocycles. The van der Waals surface area contributed by atoms with Crippen molar-refractivity contribution in [2.45, 2.75) is 26.4 Å². The van der Waals surface area contributed by atoms with E-state index >= 15 is 0 Å². The van der Waals surface area contributed by atoms with Crippen molar-refractivity contribution in [3.63, 3.8) is 0 Å². The number of phenolic OH excluding ortho intramolecular Hbond substituents is 2. The van der Waals surface area contributed by atoms with Crippen molar-refractivity contribution in [2.24, 2.45) is 5.92 Å². The third kappa shape index (κ3) is 6.65. The number of carbonyl (C=O) groups excluding carboxylic acids is 1. The van der Waals surface area contributed by atoms with Crippen molar-refractivity contribution in [3.05, 3.63) is 61.1 Å². The molecule has 1 aromatic rings. The first-order valence-electron chi connectivity index (χ1n) is 7.72. The summed E-state index contributed by atoms with van der Waals surface area (Å²) >= 11 is 2.31. The third-order valence-electron chi connectivity index (χ3n) is 3.73. The first-order valence-corrected chi connectivity index (χ1v) is 8.14. The minimum atomic E-state index is -0.378. The number of ether oxygens (including phenoxy) is 2. The van der Waals surface area contributed by atoms with Gasteiger partial charge in [-0.15, -0.1) is 5.92 Å². The fraction of sp³-hybridized carbons (Fsp3) is 0.316. The Morgan fingerprint density at radius 1 is 1.35 bits per heavy atom. The van der Waals surface area contributed by atoms with Gasteiger partial charge in [0.15, 0.2) is 11.5 Å². The Morgan fingerprint density at radius 2 is 1.96 bits per heavy atom. The van der Waals surface area contributed by atoms with Crippen LogP contribution in [0.1, 0.15) is 19.4 Å². The van der Waals surface area contributed by atoms with Gasteiger partial charge in [-0.1, -0.05) is 23.3 Å². The van der Waals surface area contributed by atoms with Crippen LogP contribution in [0.15, 0.2) is 41.7 Å². The van der Waals surface area contributed by atoms with Gasteiger partial charge in [-0.3, -0.25) is 0 Å². The van der Waals surface area contributed by atoms with E-state index in [2.05, 4.69) is 34.3 Å². The summed E-state index contributed by atoms with van der Waals surface area (Å²) in [6.45, 7) is 11.4. The molecule has 1 aliphatic rings. The fourth-order valence-corrected chi connectivity index (χ4v) is 2.27. The van der Waals surface area contributed by atoms with Gasteiger partial charge < -0.3 is 33.5 Å². The molecule has 1 heterocycles. The Labute approximate surface area is 162 Å². The van der Waals surface area contributed by atoms with Crippen LogP contribution >= 0.6 is 0 Å². The standard InChI is InChI=1S/C11H15O3.C8H9O2.Co.O/c1-5-9-7(2)10(11(12)13-4)6-14-8(9)3;1-2-6-3-4-7(9)8(10)5-6;;/h5-8H,2H2,1,3-4H3;3-5,9-10H,1-2H2;;/q2*-1;;. The second-order valence-corrected chi connectivity index (χ2v) is 5.26. The number of allylic oxidation sites excluding steroid dienone is 1. The van der Waals surface area contributed by atoms with Gasteiger partial charge in [-0.05, 0) is 26.0 Å². The SMILES string of the molecule is [CH2-]C1C(C(=O)OC)=COC(C)C1=CC.[CH2-]Cc1ccc(O)c(O)c1.[O]=[Co]. The van der Waals surface area contributed by atoms with Crippen LogP contribution in [0.3, 0.4) is 0 Å². The minimum absolute atomic E-state index is 0.0177. The van der Waals surface area contributed by atoms with Crippen LogP contribution in [0.2, 0.25) is 0 Å². The van der Waals surface area contributed by atoms with Gasteiger partial charge in [0.05, 0.1) is 13.4 Å². The summed E-state index contributed by atoms with van der Waals surface area (Å²) in [6, 6.07) is 4.68. The number of phenols is 2. The van der Waals surface area contributed by atoms with E-state index in [-0.39, 0.29) is 29.5 Å². The van der Waals surface area contributed by atoms with E-state index in [1.807, 2.05) is 19.9 Å². The van der Waals surface area contributed by atoms with E-state index in [9.17, 15) is 4.79 Å². The summed E-state index contributed by atoms with van der Waals surface area (Å²) in [5.74, 6) is -0.717. The van der Waals surface area contributed by atoms with Crippen molar-refractivity contribution in [3.8, 4) is 11.5 Å². The predicted octanol–water partition coefficient (Wildman–Crippen LogP) is 3.21. The maximum absolute atomic E-state index is 11.3. The van der Waals surface area contributed by atoms with Crippen molar-refractivity contribution in [2.75, 3.05) is 7.11 Å². The van der Waals surface area contributed by atoms with Gasteiger partial charge in [0.1, 0.15) is 6.10 Å². The quantitative estimate of drug-likeness (QED) is 0.339. The molecule has 0 spiro atoms. The molecule has 1 aromatic carbocycles. The Bertz CT molecular complexity index is 653. The maximum atomic E-state index is 11.3. The van der Waals surface area contributed by atoms with Gasteiger partial charge in [0.25, 0.3) is 0 Å². The molecule has 6 nitrogen and oxygen atoms in total. The number of carbonyl (C=O) groups is 1. The Morgan fingerprint density at radius 3 is 2.42 bits per heavy atom. The molecule has 2 N–H and O–H groups in total. The molecule has 7 heteroatoms. The average molecular weight is 407 g/mol. The number of aromatic hydroxyl groups is 2. The van der Waals surface area contributed by atoms with Crippen LogP contribution in [-0.4, -0.2) is 29.4 Å². The van der Waals surface area contributed by atoms with E-state index < -0.39 is 0 Å². The molecule has 0 radical (unpaired) electrons. The van der Waals surface area contributed by atoms with E-state index in [1.54, 1.807) is 6.07 Å². The monoisotopic (exact) mass is 407 g/mol. The first kappa shape index (κ1) is 23.9. The molecule has 0 bridgehead atoms. The van der Waals surface area contributed by atoms with Crippen LogP contribution in [0, 0.1) is 19.8 Å². The average Bonchev–Trinajstić information content (AvgIpc) is 2.66. The van der Waals surface area contributed by atoms with E-state index in [4.69, 9.17) is 18.8 Å². The third-order valence-corrected chi connectivity index (χ3v) is 3.73. The molecule has 1 aliphatic heterocycles. The zero-order chi connectivity index (χ0) is 20.3. The topological polar surface area (TPSA) is 93.1 Å². The van der Waals surface area contributed by atoms with Gasteiger partial charge in [0.2, 0.25) is 0 Å². The molecule has 0 saturated heterocycles. The number of methoxy groups -OCH3 is 1. The number of benzene rings is 1. The molecular weight excluding hydrogens is 383 g/mol. The molecule has 26 heavy (non-hydrogen) atoms. The van der Waals surface area contributed by atoms with Gasteiger partial charge in [0, 0.05) is 5.57 Å². The molecule has 2 rings (SSSR count). The second kappa shape index (κ2) is 12.3. The number of rotatable bonds is 2. The zero-order valence-electron chi connectivity index (χ0n) is 15.0. The fourth-order valence-electron chi connectivity index (χ4n) is 2.27. The predicted molar refractivity (Wildman–Crippen MR) is 92.8 cm³/mol. The Balaban J connectivity index is 0.000000458. The van der Waals surface area contributed by atoms with Crippen molar-refractivity contribution in [1.82, 2.24) is 0 Å².